The largest absolute Gasteiger partial charge is 0.341 e. The van der Waals surface area contributed by atoms with E-state index in [0.717, 1.165) is 43.0 Å². The molecule has 1 fully saturated rings. The van der Waals surface area contributed by atoms with Crippen LogP contribution in [0.2, 0.25) is 0 Å². The molecule has 8 heteroatoms. The number of nitrogens with zero attached hydrogens (tertiary/aromatic N) is 5. The Kier molecular flexibility index (Phi) is 6.91. The molecule has 2 atom stereocenters. The van der Waals surface area contributed by atoms with Gasteiger partial charge >= 0.3 is 0 Å². The molecule has 1 saturated heterocycles. The summed E-state index contributed by atoms with van der Waals surface area (Å²) in [6.07, 6.45) is 2.07. The van der Waals surface area contributed by atoms with Crippen LogP contribution in [0.1, 0.15) is 42.4 Å². The highest BCUT2D eigenvalue weighted by molar-refractivity contribution is 8.00. The Morgan fingerprint density at radius 3 is 2.31 bits per heavy atom. The number of hydrogen-bond acceptors (Lipinski definition) is 5. The highest BCUT2D eigenvalue weighted by Crippen LogP contribution is 2.38. The second-order valence-electron chi connectivity index (χ2n) is 8.23. The van der Waals surface area contributed by atoms with E-state index in [9.17, 15) is 9.18 Å². The van der Waals surface area contributed by atoms with E-state index in [1.165, 1.54) is 23.9 Å². The molecule has 1 aliphatic heterocycles. The molecule has 3 aromatic rings. The highest BCUT2D eigenvalue weighted by Gasteiger charge is 2.31. The van der Waals surface area contributed by atoms with E-state index < -0.39 is 5.25 Å². The van der Waals surface area contributed by atoms with Gasteiger partial charge < -0.3 is 4.90 Å². The monoisotopic (exact) mass is 453 g/mol. The molecule has 2 heterocycles. The minimum absolute atomic E-state index is 0.0219. The molecular weight excluding hydrogens is 425 g/mol. The van der Waals surface area contributed by atoms with Crippen molar-refractivity contribution in [3.8, 4) is 5.69 Å². The molecule has 1 amide bonds. The van der Waals surface area contributed by atoms with Crippen LogP contribution in [-0.4, -0.2) is 57.7 Å². The maximum Gasteiger partial charge on any atom is 0.240 e. The second kappa shape index (κ2) is 9.83. The third-order valence-corrected chi connectivity index (χ3v) is 7.04. The second-order valence-corrected chi connectivity index (χ2v) is 9.31. The molecule has 6 nitrogen and oxygen atoms in total. The summed E-state index contributed by atoms with van der Waals surface area (Å²) < 4.78 is 15.6. The topological polar surface area (TPSA) is 54.3 Å². The van der Waals surface area contributed by atoms with Crippen molar-refractivity contribution in [1.29, 1.82) is 0 Å². The summed E-state index contributed by atoms with van der Waals surface area (Å²) in [5.41, 5.74) is 1.70. The van der Waals surface area contributed by atoms with Crippen LogP contribution >= 0.6 is 11.8 Å². The summed E-state index contributed by atoms with van der Waals surface area (Å²) in [7, 11) is 3.95. The van der Waals surface area contributed by atoms with E-state index in [1.54, 1.807) is 12.1 Å². The molecule has 4 rings (SSSR count). The van der Waals surface area contributed by atoms with Crippen LogP contribution in [0, 0.1) is 5.82 Å². The summed E-state index contributed by atoms with van der Waals surface area (Å²) in [6.45, 7) is 3.62. The average molecular weight is 454 g/mol. The summed E-state index contributed by atoms with van der Waals surface area (Å²) in [5.74, 6) is 0.531. The zero-order valence-corrected chi connectivity index (χ0v) is 19.4. The Labute approximate surface area is 192 Å². The van der Waals surface area contributed by atoms with E-state index in [0.29, 0.717) is 5.16 Å². The van der Waals surface area contributed by atoms with Gasteiger partial charge in [-0.2, -0.15) is 0 Å². The lowest BCUT2D eigenvalue weighted by atomic mass is 10.1. The molecule has 168 valence electrons. The SMILES string of the molecule is CC(c1nnc(SC(C(=O)N2CCCC2)c2ccccc2)n1-c1ccc(F)cc1)N(C)C. The van der Waals surface area contributed by atoms with Crippen molar-refractivity contribution in [2.75, 3.05) is 27.2 Å². The third-order valence-electron chi connectivity index (χ3n) is 5.86. The van der Waals surface area contributed by atoms with Crippen LogP contribution in [0.4, 0.5) is 4.39 Å². The molecule has 0 aliphatic carbocycles. The lowest BCUT2D eigenvalue weighted by Crippen LogP contribution is -2.31. The number of amides is 1. The minimum atomic E-state index is -0.430. The smallest absolute Gasteiger partial charge is 0.240 e. The van der Waals surface area contributed by atoms with Gasteiger partial charge in [-0.25, -0.2) is 4.39 Å². The van der Waals surface area contributed by atoms with Crippen LogP contribution in [-0.2, 0) is 4.79 Å². The fourth-order valence-electron chi connectivity index (χ4n) is 3.79. The van der Waals surface area contributed by atoms with Gasteiger partial charge in [0.25, 0.3) is 0 Å². The molecule has 2 unspecified atom stereocenters. The quantitative estimate of drug-likeness (QED) is 0.494. The maximum absolute atomic E-state index is 13.6. The van der Waals surface area contributed by atoms with Crippen molar-refractivity contribution >= 4 is 17.7 Å². The van der Waals surface area contributed by atoms with E-state index in [4.69, 9.17) is 0 Å². The van der Waals surface area contributed by atoms with Gasteiger partial charge in [0.15, 0.2) is 11.0 Å². The number of rotatable bonds is 7. The number of likely N-dealkylation sites (tertiary alicyclic amines) is 1. The van der Waals surface area contributed by atoms with Gasteiger partial charge in [-0.15, -0.1) is 10.2 Å². The molecule has 32 heavy (non-hydrogen) atoms. The van der Waals surface area contributed by atoms with Crippen LogP contribution < -0.4 is 0 Å². The van der Waals surface area contributed by atoms with Crippen LogP contribution in [0.25, 0.3) is 5.69 Å². The number of thioether (sulfide) groups is 1. The lowest BCUT2D eigenvalue weighted by Gasteiger charge is -2.24. The fraction of sp³-hybridized carbons (Fsp3) is 0.375. The van der Waals surface area contributed by atoms with Crippen molar-refractivity contribution in [2.45, 2.75) is 36.2 Å². The van der Waals surface area contributed by atoms with Crippen LogP contribution in [0.3, 0.4) is 0 Å². The molecular formula is C24H28FN5OS. The number of aromatic nitrogens is 3. The molecule has 1 aromatic heterocycles. The number of carbonyl (C=O) groups excluding carboxylic acids is 1. The molecule has 0 N–H and O–H groups in total. The summed E-state index contributed by atoms with van der Waals surface area (Å²) >= 11 is 1.40. The zero-order chi connectivity index (χ0) is 22.7. The number of hydrogen-bond donors (Lipinski definition) is 0. The first kappa shape index (κ1) is 22.5. The third kappa shape index (κ3) is 4.71. The van der Waals surface area contributed by atoms with Crippen molar-refractivity contribution < 1.29 is 9.18 Å². The zero-order valence-electron chi connectivity index (χ0n) is 18.6. The van der Waals surface area contributed by atoms with Gasteiger partial charge in [0.1, 0.15) is 11.1 Å². The highest BCUT2D eigenvalue weighted by atomic mass is 32.2. The van der Waals surface area contributed by atoms with Crippen LogP contribution in [0.5, 0.6) is 0 Å². The average Bonchev–Trinajstić information content (AvgIpc) is 3.48. The molecule has 0 saturated carbocycles. The van der Waals surface area contributed by atoms with E-state index in [1.807, 2.05) is 65.7 Å². The molecule has 1 aliphatic rings. The van der Waals surface area contributed by atoms with Gasteiger partial charge in [-0.05, 0) is 63.7 Å². The number of halogens is 1. The first-order valence-electron chi connectivity index (χ1n) is 10.8. The first-order chi connectivity index (χ1) is 15.5. The van der Waals surface area contributed by atoms with Gasteiger partial charge in [0.05, 0.1) is 6.04 Å². The molecule has 0 spiro atoms. The van der Waals surface area contributed by atoms with Crippen molar-refractivity contribution in [1.82, 2.24) is 24.6 Å². The standard InChI is InChI=1S/C24H28FN5OS/c1-17(28(2)3)22-26-27-24(30(22)20-13-11-19(25)12-14-20)32-21(18-9-5-4-6-10-18)23(31)29-15-7-8-16-29/h4-6,9-14,17,21H,7-8,15-16H2,1-3H3. The maximum atomic E-state index is 13.6. The predicted molar refractivity (Wildman–Crippen MR) is 124 cm³/mol. The Bertz CT molecular complexity index is 1050. The Balaban J connectivity index is 1.76. The minimum Gasteiger partial charge on any atom is -0.341 e. The first-order valence-corrected chi connectivity index (χ1v) is 11.7. The molecule has 2 aromatic carbocycles. The number of benzene rings is 2. The fourth-order valence-corrected chi connectivity index (χ4v) is 4.94. The van der Waals surface area contributed by atoms with Crippen molar-refractivity contribution in [2.24, 2.45) is 0 Å². The normalized spacial score (nSPS) is 15.8. The summed E-state index contributed by atoms with van der Waals surface area (Å²) in [4.78, 5) is 17.5. The van der Waals surface area contributed by atoms with Crippen LogP contribution in [0.15, 0.2) is 59.8 Å². The van der Waals surface area contributed by atoms with Gasteiger partial charge in [-0.3, -0.25) is 14.3 Å². The Morgan fingerprint density at radius 1 is 1.03 bits per heavy atom. The molecule has 0 radical (unpaired) electrons. The van der Waals surface area contributed by atoms with Crippen molar-refractivity contribution in [3.05, 3.63) is 71.8 Å². The Morgan fingerprint density at radius 2 is 1.69 bits per heavy atom. The van der Waals surface area contributed by atoms with Gasteiger partial charge in [-0.1, -0.05) is 42.1 Å². The van der Waals surface area contributed by atoms with E-state index >= 15 is 0 Å². The van der Waals surface area contributed by atoms with E-state index in [-0.39, 0.29) is 17.8 Å². The van der Waals surface area contributed by atoms with E-state index in [2.05, 4.69) is 10.2 Å². The lowest BCUT2D eigenvalue weighted by molar-refractivity contribution is -0.129. The van der Waals surface area contributed by atoms with Gasteiger partial charge in [0, 0.05) is 18.8 Å². The van der Waals surface area contributed by atoms with Gasteiger partial charge in [0.2, 0.25) is 5.91 Å². The Hall–Kier alpha value is -2.71. The summed E-state index contributed by atoms with van der Waals surface area (Å²) in [6, 6.07) is 16.1. The van der Waals surface area contributed by atoms with Crippen molar-refractivity contribution in [3.63, 3.8) is 0 Å². The molecule has 0 bridgehead atoms. The summed E-state index contributed by atoms with van der Waals surface area (Å²) in [5, 5.41) is 9.13. The number of carbonyl (C=O) groups is 1. The predicted octanol–water partition coefficient (Wildman–Crippen LogP) is 4.48.